The van der Waals surface area contributed by atoms with E-state index in [1.807, 2.05) is 38.2 Å². The molecule has 0 saturated heterocycles. The molecule has 0 aromatic rings. The first-order chi connectivity index (χ1) is 7.88. The van der Waals surface area contributed by atoms with E-state index in [0.717, 1.165) is 17.6 Å². The van der Waals surface area contributed by atoms with Crippen molar-refractivity contribution in [2.45, 2.75) is 19.7 Å². The maximum atomic E-state index is 5.27. The molecule has 1 aliphatic heterocycles. The molecular weight excluding hydrogens is 195 g/mol. The van der Waals surface area contributed by atoms with E-state index in [-0.39, 0.29) is 0 Å². The fourth-order valence-electron chi connectivity index (χ4n) is 1.28. The van der Waals surface area contributed by atoms with Crippen LogP contribution in [0, 0.1) is 11.8 Å². The van der Waals surface area contributed by atoms with Gasteiger partial charge in [-0.1, -0.05) is 0 Å². The van der Waals surface area contributed by atoms with Crippen molar-refractivity contribution >= 4 is 18.1 Å². The van der Waals surface area contributed by atoms with Crippen molar-refractivity contribution in [3.63, 3.8) is 0 Å². The second kappa shape index (κ2) is 7.47. The zero-order chi connectivity index (χ0) is 11.6. The van der Waals surface area contributed by atoms with Gasteiger partial charge in [0, 0.05) is 0 Å². The Bertz CT molecular complexity index is 429. The van der Waals surface area contributed by atoms with E-state index in [1.54, 1.807) is 6.08 Å². The van der Waals surface area contributed by atoms with Crippen LogP contribution >= 0.6 is 0 Å². The average Bonchev–Trinajstić information content (AvgIpc) is 2.25. The van der Waals surface area contributed by atoms with Crippen molar-refractivity contribution in [2.75, 3.05) is 0 Å². The van der Waals surface area contributed by atoms with E-state index in [4.69, 9.17) is 5.73 Å². The molecule has 3 heteroatoms. The van der Waals surface area contributed by atoms with Crippen LogP contribution < -0.4 is 5.73 Å². The third-order valence-electron chi connectivity index (χ3n) is 2.08. The number of hydrogen-bond acceptors (Lipinski definition) is 2. The van der Waals surface area contributed by atoms with E-state index in [2.05, 4.69) is 16.8 Å². The molecule has 0 atom stereocenters. The zero-order valence-corrected chi connectivity index (χ0v) is 9.48. The number of aliphatic imine (C=N–C) groups is 1. The van der Waals surface area contributed by atoms with Crippen LogP contribution in [0.25, 0.3) is 0 Å². The summed E-state index contributed by atoms with van der Waals surface area (Å²) in [6, 6.07) is 0. The Morgan fingerprint density at radius 3 is 3.12 bits per heavy atom. The second-order valence-corrected chi connectivity index (χ2v) is 3.18. The summed E-state index contributed by atoms with van der Waals surface area (Å²) in [5, 5.41) is 0. The van der Waals surface area contributed by atoms with E-state index in [9.17, 15) is 0 Å². The van der Waals surface area contributed by atoms with Crippen molar-refractivity contribution in [1.82, 2.24) is 0 Å². The Labute approximate surface area is 97.6 Å². The third kappa shape index (κ3) is 4.14. The molecule has 1 heterocycles. The Morgan fingerprint density at radius 2 is 2.38 bits per heavy atom. The predicted molar refractivity (Wildman–Crippen MR) is 72.7 cm³/mol. The molecule has 0 saturated carbocycles. The Balaban J connectivity index is 2.85. The van der Waals surface area contributed by atoms with Gasteiger partial charge in [-0.15, -0.1) is 0 Å². The van der Waals surface area contributed by atoms with Crippen LogP contribution in [0.3, 0.4) is 0 Å². The van der Waals surface area contributed by atoms with Gasteiger partial charge < -0.3 is 0 Å². The molecule has 1 rings (SSSR count). The van der Waals surface area contributed by atoms with Crippen LogP contribution in [0.15, 0.2) is 41.7 Å². The molecule has 0 bridgehead atoms. The van der Waals surface area contributed by atoms with Gasteiger partial charge in [-0.2, -0.15) is 0 Å². The van der Waals surface area contributed by atoms with E-state index in [1.165, 1.54) is 6.20 Å². The minimum atomic E-state index is 0.695. The van der Waals surface area contributed by atoms with Crippen LogP contribution in [-0.4, -0.2) is 18.1 Å². The van der Waals surface area contributed by atoms with Crippen LogP contribution in [0.2, 0.25) is 6.82 Å². The van der Waals surface area contributed by atoms with Crippen LogP contribution in [0.4, 0.5) is 0 Å². The van der Waals surface area contributed by atoms with Crippen molar-refractivity contribution in [3.8, 4) is 11.8 Å². The molecule has 1 aliphatic rings. The molecule has 0 amide bonds. The molecule has 0 fully saturated rings. The minimum absolute atomic E-state index is 0.695. The first kappa shape index (κ1) is 12.3. The van der Waals surface area contributed by atoms with Gasteiger partial charge in [-0.3, -0.25) is 0 Å². The third-order valence-corrected chi connectivity index (χ3v) is 2.08. The predicted octanol–water partition coefficient (Wildman–Crippen LogP) is 1.69. The normalized spacial score (nSPS) is 21.6. The number of allylic oxidation sites excluding steroid dienone is 4. The fourth-order valence-corrected chi connectivity index (χ4v) is 1.28. The molecule has 80 valence electrons. The summed E-state index contributed by atoms with van der Waals surface area (Å²) in [5.74, 6) is 6.15. The quantitative estimate of drug-likeness (QED) is 0.429. The summed E-state index contributed by atoms with van der Waals surface area (Å²) in [7, 11) is 0. The summed E-state index contributed by atoms with van der Waals surface area (Å²) in [4.78, 5) is 4.39. The van der Waals surface area contributed by atoms with Crippen molar-refractivity contribution < 1.29 is 0 Å². The van der Waals surface area contributed by atoms with E-state index < -0.39 is 0 Å². The fraction of sp³-hybridized carbons (Fsp3) is 0.231. The summed E-state index contributed by atoms with van der Waals surface area (Å²) >= 11 is 0. The Hall–Kier alpha value is -1.82. The van der Waals surface area contributed by atoms with Gasteiger partial charge in [0.2, 0.25) is 0 Å². The van der Waals surface area contributed by atoms with Gasteiger partial charge in [0.25, 0.3) is 0 Å². The molecule has 0 aliphatic carbocycles. The van der Waals surface area contributed by atoms with Gasteiger partial charge in [-0.05, 0) is 0 Å². The molecule has 0 spiro atoms. The van der Waals surface area contributed by atoms with Gasteiger partial charge in [0.15, 0.2) is 0 Å². The van der Waals surface area contributed by atoms with E-state index in [0.29, 0.717) is 6.42 Å². The van der Waals surface area contributed by atoms with E-state index >= 15 is 0 Å². The van der Waals surface area contributed by atoms with Gasteiger partial charge in [0.1, 0.15) is 0 Å². The van der Waals surface area contributed by atoms with Gasteiger partial charge >= 0.3 is 97.0 Å². The monoisotopic (exact) mass is 210 g/mol. The van der Waals surface area contributed by atoms with Crippen LogP contribution in [0.1, 0.15) is 12.8 Å². The standard InChI is InChI=1S/C13H15BN2/c1-14-12(8-5-6-10-15)13-9-4-2-3-7-11-16-13/h5-8,10-11H,3,9,15H2,1H3/b8-5-,10-6-,11-7-,16-13+. The molecule has 0 aromatic heterocycles. The summed E-state index contributed by atoms with van der Waals surface area (Å²) < 4.78 is 0. The van der Waals surface area contributed by atoms with Crippen molar-refractivity contribution in [2.24, 2.45) is 10.7 Å². The SMILES string of the molecule is C/B=C(/C=C\C=C/N)C1=N\C=C/CC#CC/1. The molecule has 2 nitrogen and oxygen atoms in total. The molecule has 0 aromatic carbocycles. The number of rotatable bonds is 3. The topological polar surface area (TPSA) is 38.4 Å². The molecule has 16 heavy (non-hydrogen) atoms. The molecule has 0 radical (unpaired) electrons. The summed E-state index contributed by atoms with van der Waals surface area (Å²) in [5.41, 5.74) is 7.34. The Kier molecular flexibility index (Phi) is 5.72. The maximum absolute atomic E-state index is 5.27. The number of nitrogens with zero attached hydrogens (tertiary/aromatic N) is 1. The van der Waals surface area contributed by atoms with Crippen LogP contribution in [-0.2, 0) is 0 Å². The number of nitrogens with two attached hydrogens (primary N) is 1. The first-order valence-corrected chi connectivity index (χ1v) is 5.27. The first-order valence-electron chi connectivity index (χ1n) is 5.27. The van der Waals surface area contributed by atoms with Gasteiger partial charge in [-0.25, -0.2) is 0 Å². The van der Waals surface area contributed by atoms with Gasteiger partial charge in [0.05, 0.1) is 0 Å². The Morgan fingerprint density at radius 1 is 1.50 bits per heavy atom. The average molecular weight is 210 g/mol. The zero-order valence-electron chi connectivity index (χ0n) is 9.48. The van der Waals surface area contributed by atoms with Crippen molar-refractivity contribution in [1.29, 1.82) is 0 Å². The van der Waals surface area contributed by atoms with Crippen molar-refractivity contribution in [3.05, 3.63) is 36.7 Å². The molecular formula is C13H15BN2. The molecule has 2 N–H and O–H groups in total. The molecule has 0 unspecified atom stereocenters. The number of hydrogen-bond donors (Lipinski definition) is 1. The van der Waals surface area contributed by atoms with Crippen LogP contribution in [0.5, 0.6) is 0 Å². The second-order valence-electron chi connectivity index (χ2n) is 3.18. The summed E-state index contributed by atoms with van der Waals surface area (Å²) in [6.07, 6.45) is 12.4. The summed E-state index contributed by atoms with van der Waals surface area (Å²) in [6.45, 7) is 4.01.